The van der Waals surface area contributed by atoms with Gasteiger partial charge in [0.15, 0.2) is 0 Å². The van der Waals surface area contributed by atoms with Crippen LogP contribution in [-0.4, -0.2) is 37.6 Å². The summed E-state index contributed by atoms with van der Waals surface area (Å²) in [5, 5.41) is 3.44. The topological polar surface area (TPSA) is 15.3 Å². The zero-order valence-corrected chi connectivity index (χ0v) is 10.4. The van der Waals surface area contributed by atoms with Crippen LogP contribution in [0.1, 0.15) is 39.5 Å². The Bertz CT molecular complexity index is 191. The summed E-state index contributed by atoms with van der Waals surface area (Å²) in [6, 6.07) is 0. The Balaban J connectivity index is 1.83. The van der Waals surface area contributed by atoms with Crippen molar-refractivity contribution in [3.8, 4) is 0 Å². The molecule has 0 aromatic carbocycles. The smallest absolute Gasteiger partial charge is 0.0108 e. The summed E-state index contributed by atoms with van der Waals surface area (Å²) < 4.78 is 0. The first kappa shape index (κ1) is 11.4. The Labute approximate surface area is 94.4 Å². The molecule has 1 saturated carbocycles. The van der Waals surface area contributed by atoms with Crippen molar-refractivity contribution in [1.82, 2.24) is 10.2 Å². The summed E-state index contributed by atoms with van der Waals surface area (Å²) in [6.45, 7) is 11.0. The summed E-state index contributed by atoms with van der Waals surface area (Å²) in [7, 11) is 0. The number of nitrogens with zero attached hydrogens (tertiary/aromatic N) is 1. The van der Waals surface area contributed by atoms with E-state index >= 15 is 0 Å². The molecule has 0 aromatic rings. The van der Waals surface area contributed by atoms with Gasteiger partial charge in [-0.3, -0.25) is 0 Å². The maximum Gasteiger partial charge on any atom is 0.0108 e. The number of nitrogens with one attached hydrogen (secondary N) is 1. The highest BCUT2D eigenvalue weighted by atomic mass is 15.2. The van der Waals surface area contributed by atoms with Gasteiger partial charge in [0.25, 0.3) is 0 Å². The van der Waals surface area contributed by atoms with Gasteiger partial charge < -0.3 is 10.2 Å². The zero-order chi connectivity index (χ0) is 10.7. The van der Waals surface area contributed by atoms with Crippen molar-refractivity contribution in [2.45, 2.75) is 39.5 Å². The molecule has 0 aromatic heterocycles. The molecular weight excluding hydrogens is 184 g/mol. The number of hydrogen-bond donors (Lipinski definition) is 1. The van der Waals surface area contributed by atoms with Gasteiger partial charge in [0.05, 0.1) is 0 Å². The van der Waals surface area contributed by atoms with E-state index in [-0.39, 0.29) is 0 Å². The molecule has 2 aliphatic rings. The van der Waals surface area contributed by atoms with Gasteiger partial charge in [-0.1, -0.05) is 20.3 Å². The van der Waals surface area contributed by atoms with Crippen molar-refractivity contribution in [1.29, 1.82) is 0 Å². The Morgan fingerprint density at radius 2 is 1.87 bits per heavy atom. The Hall–Kier alpha value is -0.0800. The molecule has 0 radical (unpaired) electrons. The van der Waals surface area contributed by atoms with E-state index in [2.05, 4.69) is 24.1 Å². The lowest BCUT2D eigenvalue weighted by Crippen LogP contribution is -2.50. The highest BCUT2D eigenvalue weighted by molar-refractivity contribution is 4.91. The Morgan fingerprint density at radius 3 is 2.33 bits per heavy atom. The minimum Gasteiger partial charge on any atom is -0.314 e. The molecule has 1 N–H and O–H groups in total. The van der Waals surface area contributed by atoms with Crippen molar-refractivity contribution in [2.75, 3.05) is 32.7 Å². The monoisotopic (exact) mass is 210 g/mol. The second kappa shape index (κ2) is 4.84. The van der Waals surface area contributed by atoms with Crippen LogP contribution < -0.4 is 5.32 Å². The number of piperazine rings is 1. The maximum atomic E-state index is 3.44. The largest absolute Gasteiger partial charge is 0.314 e. The van der Waals surface area contributed by atoms with Crippen LogP contribution in [0.3, 0.4) is 0 Å². The van der Waals surface area contributed by atoms with E-state index in [0.29, 0.717) is 5.41 Å². The molecule has 2 rings (SSSR count). The summed E-state index contributed by atoms with van der Waals surface area (Å²) in [5.74, 6) is 0.869. The van der Waals surface area contributed by atoms with Gasteiger partial charge in [-0.2, -0.15) is 0 Å². The normalized spacial score (nSPS) is 26.6. The minimum absolute atomic E-state index is 0.700. The van der Waals surface area contributed by atoms with Crippen LogP contribution in [-0.2, 0) is 0 Å². The first-order chi connectivity index (χ1) is 7.20. The summed E-state index contributed by atoms with van der Waals surface area (Å²) in [5.41, 5.74) is 0.700. The quantitative estimate of drug-likeness (QED) is 0.764. The molecule has 0 spiro atoms. The third kappa shape index (κ3) is 2.94. The summed E-state index contributed by atoms with van der Waals surface area (Å²) >= 11 is 0. The van der Waals surface area contributed by atoms with Gasteiger partial charge in [-0.15, -0.1) is 0 Å². The standard InChI is InChI=1S/C13H26N2/c1-12(2)10-13(4-3-5-13)11-15-8-6-14-7-9-15/h12,14H,3-11H2,1-2H3. The first-order valence-electron chi connectivity index (χ1n) is 6.63. The Kier molecular flexibility index (Phi) is 3.68. The van der Waals surface area contributed by atoms with E-state index in [9.17, 15) is 0 Å². The molecule has 88 valence electrons. The van der Waals surface area contributed by atoms with Crippen molar-refractivity contribution in [2.24, 2.45) is 11.3 Å². The maximum absolute atomic E-state index is 3.44. The van der Waals surface area contributed by atoms with E-state index in [1.807, 2.05) is 0 Å². The molecule has 1 aliphatic carbocycles. The molecular formula is C13H26N2. The van der Waals surface area contributed by atoms with E-state index in [4.69, 9.17) is 0 Å². The van der Waals surface area contributed by atoms with Crippen LogP contribution in [0.15, 0.2) is 0 Å². The van der Waals surface area contributed by atoms with Crippen LogP contribution in [0, 0.1) is 11.3 Å². The van der Waals surface area contributed by atoms with E-state index in [1.54, 1.807) is 0 Å². The van der Waals surface area contributed by atoms with Crippen molar-refractivity contribution < 1.29 is 0 Å². The lowest BCUT2D eigenvalue weighted by Gasteiger charge is -2.47. The zero-order valence-electron chi connectivity index (χ0n) is 10.4. The lowest BCUT2D eigenvalue weighted by atomic mass is 9.64. The molecule has 0 atom stereocenters. The van der Waals surface area contributed by atoms with Crippen LogP contribution in [0.25, 0.3) is 0 Å². The van der Waals surface area contributed by atoms with Gasteiger partial charge in [-0.05, 0) is 30.6 Å². The Morgan fingerprint density at radius 1 is 1.20 bits per heavy atom. The van der Waals surface area contributed by atoms with Gasteiger partial charge in [-0.25, -0.2) is 0 Å². The average molecular weight is 210 g/mol. The number of rotatable bonds is 4. The van der Waals surface area contributed by atoms with Crippen molar-refractivity contribution in [3.63, 3.8) is 0 Å². The third-order valence-electron chi connectivity index (χ3n) is 4.02. The molecule has 1 heterocycles. The predicted octanol–water partition coefficient (Wildman–Crippen LogP) is 2.11. The van der Waals surface area contributed by atoms with Crippen molar-refractivity contribution in [3.05, 3.63) is 0 Å². The van der Waals surface area contributed by atoms with Crippen molar-refractivity contribution >= 4 is 0 Å². The molecule has 2 heteroatoms. The van der Waals surface area contributed by atoms with Crippen LogP contribution in [0.4, 0.5) is 0 Å². The van der Waals surface area contributed by atoms with E-state index in [1.165, 1.54) is 58.4 Å². The molecule has 0 bridgehead atoms. The van der Waals surface area contributed by atoms with Crippen LogP contribution in [0.5, 0.6) is 0 Å². The third-order valence-corrected chi connectivity index (χ3v) is 4.02. The predicted molar refractivity (Wildman–Crippen MR) is 65.0 cm³/mol. The molecule has 1 aliphatic heterocycles. The lowest BCUT2D eigenvalue weighted by molar-refractivity contribution is 0.0401. The number of hydrogen-bond acceptors (Lipinski definition) is 2. The molecule has 2 fully saturated rings. The molecule has 1 saturated heterocycles. The van der Waals surface area contributed by atoms with Gasteiger partial charge >= 0.3 is 0 Å². The fraction of sp³-hybridized carbons (Fsp3) is 1.00. The van der Waals surface area contributed by atoms with Crippen LogP contribution >= 0.6 is 0 Å². The second-order valence-electron chi connectivity index (χ2n) is 5.98. The highest BCUT2D eigenvalue weighted by Gasteiger charge is 2.38. The van der Waals surface area contributed by atoms with Gasteiger partial charge in [0.1, 0.15) is 0 Å². The van der Waals surface area contributed by atoms with E-state index in [0.717, 1.165) is 5.92 Å². The summed E-state index contributed by atoms with van der Waals surface area (Å²) in [4.78, 5) is 2.68. The van der Waals surface area contributed by atoms with Crippen LogP contribution in [0.2, 0.25) is 0 Å². The molecule has 0 unspecified atom stereocenters. The average Bonchev–Trinajstić information content (AvgIpc) is 2.15. The van der Waals surface area contributed by atoms with E-state index < -0.39 is 0 Å². The fourth-order valence-corrected chi connectivity index (χ4v) is 3.31. The highest BCUT2D eigenvalue weighted by Crippen LogP contribution is 2.46. The molecule has 0 amide bonds. The molecule has 2 nitrogen and oxygen atoms in total. The van der Waals surface area contributed by atoms with Gasteiger partial charge in [0, 0.05) is 32.7 Å². The summed E-state index contributed by atoms with van der Waals surface area (Å²) in [6.07, 6.45) is 5.87. The second-order valence-corrected chi connectivity index (χ2v) is 5.98. The molecule has 15 heavy (non-hydrogen) atoms. The fourth-order valence-electron chi connectivity index (χ4n) is 3.31. The van der Waals surface area contributed by atoms with Gasteiger partial charge in [0.2, 0.25) is 0 Å². The first-order valence-corrected chi connectivity index (χ1v) is 6.63. The SMILES string of the molecule is CC(C)CC1(CN2CCNCC2)CCC1. The minimum atomic E-state index is 0.700.